The number of benzene rings is 1. The predicted octanol–water partition coefficient (Wildman–Crippen LogP) is 2.79. The number of ether oxygens (including phenoxy) is 1. The number of aromatic nitrogens is 1. The number of fused-ring (bicyclic) bond motifs is 1. The van der Waals surface area contributed by atoms with Crippen LogP contribution in [0.1, 0.15) is 30.9 Å². The van der Waals surface area contributed by atoms with Gasteiger partial charge in [-0.2, -0.15) is 0 Å². The van der Waals surface area contributed by atoms with Crippen molar-refractivity contribution in [2.45, 2.75) is 37.9 Å². The van der Waals surface area contributed by atoms with Crippen LogP contribution in [0.4, 0.5) is 0 Å². The molecular weight excluding hydrogens is 515 g/mol. The third-order valence-corrected chi connectivity index (χ3v) is 7.78. The normalized spacial score (nSPS) is 16.8. The molecule has 0 atom stereocenters. The summed E-state index contributed by atoms with van der Waals surface area (Å²) < 4.78 is 29.4. The van der Waals surface area contributed by atoms with Gasteiger partial charge >= 0.3 is 0 Å². The van der Waals surface area contributed by atoms with Gasteiger partial charge in [-0.1, -0.05) is 12.1 Å². The zero-order valence-electron chi connectivity index (χ0n) is 18.0. The molecule has 0 amide bonds. The molecule has 1 aliphatic rings. The molecule has 2 heterocycles. The number of rotatable bonds is 7. The molecule has 168 valence electrons. The summed E-state index contributed by atoms with van der Waals surface area (Å²) in [5.74, 6) is 0.651. The maximum atomic E-state index is 12.4. The lowest BCUT2D eigenvalue weighted by Crippen LogP contribution is -2.47. The van der Waals surface area contributed by atoms with E-state index in [0.29, 0.717) is 45.1 Å². The fourth-order valence-corrected chi connectivity index (χ4v) is 4.98. The fraction of sp³-hybridized carbons (Fsp3) is 0.571. The van der Waals surface area contributed by atoms with Gasteiger partial charge in [0.1, 0.15) is 0 Å². The first-order valence-corrected chi connectivity index (χ1v) is 12.1. The van der Waals surface area contributed by atoms with E-state index >= 15 is 0 Å². The molecule has 7 nitrogen and oxygen atoms in total. The van der Waals surface area contributed by atoms with E-state index < -0.39 is 14.6 Å². The molecule has 1 saturated heterocycles. The van der Waals surface area contributed by atoms with Crippen molar-refractivity contribution in [2.24, 2.45) is 4.99 Å². The van der Waals surface area contributed by atoms with E-state index in [2.05, 4.69) is 51.9 Å². The highest BCUT2D eigenvalue weighted by Gasteiger charge is 2.42. The van der Waals surface area contributed by atoms with Crippen molar-refractivity contribution in [1.29, 1.82) is 0 Å². The van der Waals surface area contributed by atoms with Gasteiger partial charge in [-0.05, 0) is 50.3 Å². The molecule has 2 aromatic rings. The Kier molecular flexibility index (Phi) is 8.98. The Bertz CT molecular complexity index is 966. The molecule has 0 unspecified atom stereocenters. The lowest BCUT2D eigenvalue weighted by atomic mass is 9.99. The van der Waals surface area contributed by atoms with Crippen LogP contribution in [0.2, 0.25) is 0 Å². The number of nitrogens with one attached hydrogen (secondary N) is 3. The van der Waals surface area contributed by atoms with E-state index in [1.165, 1.54) is 22.8 Å². The van der Waals surface area contributed by atoms with Gasteiger partial charge in [-0.3, -0.25) is 4.99 Å². The number of H-pyrrole nitrogens is 1. The monoisotopic (exact) mass is 548 g/mol. The molecule has 9 heteroatoms. The minimum Gasteiger partial charge on any atom is -0.381 e. The molecule has 1 aromatic heterocycles. The number of aromatic amines is 1. The predicted molar refractivity (Wildman–Crippen MR) is 134 cm³/mol. The average Bonchev–Trinajstić information content (AvgIpc) is 3.08. The Balaban J connectivity index is 0.00000320. The van der Waals surface area contributed by atoms with E-state index in [9.17, 15) is 8.42 Å². The summed E-state index contributed by atoms with van der Waals surface area (Å²) in [7, 11) is -3.23. The Morgan fingerprint density at radius 2 is 2.00 bits per heavy atom. The molecule has 30 heavy (non-hydrogen) atoms. The SMILES string of the molecule is CCNC(=NCC1(S(C)(=O)=O)CCOCC1)NCCc1c[nH]c2cc(C)ccc12.I. The minimum atomic E-state index is -3.23. The first-order chi connectivity index (χ1) is 13.8. The van der Waals surface area contributed by atoms with Crippen LogP contribution in [0.3, 0.4) is 0 Å². The number of aliphatic imine (C=N–C) groups is 1. The van der Waals surface area contributed by atoms with Gasteiger partial charge < -0.3 is 20.4 Å². The van der Waals surface area contributed by atoms with Crippen LogP contribution in [0, 0.1) is 6.92 Å². The second kappa shape index (κ2) is 10.8. The Morgan fingerprint density at radius 3 is 2.67 bits per heavy atom. The number of hydrogen-bond acceptors (Lipinski definition) is 4. The number of nitrogens with zero attached hydrogens (tertiary/aromatic N) is 1. The fourth-order valence-electron chi connectivity index (χ4n) is 3.78. The van der Waals surface area contributed by atoms with Gasteiger partial charge in [-0.25, -0.2) is 8.42 Å². The third-order valence-electron chi connectivity index (χ3n) is 5.67. The highest BCUT2D eigenvalue weighted by Crippen LogP contribution is 2.29. The zero-order chi connectivity index (χ0) is 20.9. The maximum absolute atomic E-state index is 12.4. The summed E-state index contributed by atoms with van der Waals surface area (Å²) in [6.45, 7) is 6.69. The Morgan fingerprint density at radius 1 is 1.27 bits per heavy atom. The largest absolute Gasteiger partial charge is 0.381 e. The van der Waals surface area contributed by atoms with Crippen LogP contribution in [0.5, 0.6) is 0 Å². The van der Waals surface area contributed by atoms with Crippen molar-refractivity contribution in [2.75, 3.05) is 39.1 Å². The smallest absolute Gasteiger partial charge is 0.191 e. The second-order valence-corrected chi connectivity index (χ2v) is 10.2. The third kappa shape index (κ3) is 5.88. The topological polar surface area (TPSA) is 95.6 Å². The first-order valence-electron chi connectivity index (χ1n) is 10.2. The van der Waals surface area contributed by atoms with Crippen LogP contribution in [-0.4, -0.2) is 63.2 Å². The van der Waals surface area contributed by atoms with Crippen molar-refractivity contribution in [3.63, 3.8) is 0 Å². The molecule has 3 rings (SSSR count). The molecular formula is C21H33IN4O3S. The van der Waals surface area contributed by atoms with Gasteiger partial charge in [0.2, 0.25) is 0 Å². The number of aryl methyl sites for hydroxylation is 1. The summed E-state index contributed by atoms with van der Waals surface area (Å²) in [6.07, 6.45) is 5.19. The summed E-state index contributed by atoms with van der Waals surface area (Å²) in [5.41, 5.74) is 3.63. The van der Waals surface area contributed by atoms with Gasteiger partial charge in [0.15, 0.2) is 15.8 Å². The molecule has 0 radical (unpaired) electrons. The number of halogens is 1. The molecule has 0 spiro atoms. The lowest BCUT2D eigenvalue weighted by molar-refractivity contribution is 0.0768. The number of hydrogen-bond donors (Lipinski definition) is 3. The number of sulfone groups is 1. The Hall–Kier alpha value is -1.33. The van der Waals surface area contributed by atoms with Crippen molar-refractivity contribution < 1.29 is 13.2 Å². The van der Waals surface area contributed by atoms with E-state index in [1.54, 1.807) is 0 Å². The minimum absolute atomic E-state index is 0. The summed E-state index contributed by atoms with van der Waals surface area (Å²) in [4.78, 5) is 7.95. The quantitative estimate of drug-likeness (QED) is 0.281. The lowest BCUT2D eigenvalue weighted by Gasteiger charge is -2.34. The first kappa shape index (κ1) is 24.9. The van der Waals surface area contributed by atoms with Crippen molar-refractivity contribution in [1.82, 2.24) is 15.6 Å². The van der Waals surface area contributed by atoms with E-state index in [-0.39, 0.29) is 30.5 Å². The molecule has 0 bridgehead atoms. The highest BCUT2D eigenvalue weighted by molar-refractivity contribution is 14.0. The van der Waals surface area contributed by atoms with Crippen LogP contribution in [0.15, 0.2) is 29.4 Å². The number of guanidine groups is 1. The highest BCUT2D eigenvalue weighted by atomic mass is 127. The van der Waals surface area contributed by atoms with E-state index in [0.717, 1.165) is 11.9 Å². The van der Waals surface area contributed by atoms with Crippen LogP contribution < -0.4 is 10.6 Å². The van der Waals surface area contributed by atoms with Gasteiger partial charge in [0, 0.05) is 49.7 Å². The van der Waals surface area contributed by atoms with E-state index in [4.69, 9.17) is 4.74 Å². The van der Waals surface area contributed by atoms with Gasteiger partial charge in [-0.15, -0.1) is 24.0 Å². The van der Waals surface area contributed by atoms with Crippen LogP contribution in [0.25, 0.3) is 10.9 Å². The Labute approximate surface area is 196 Å². The van der Waals surface area contributed by atoms with Crippen LogP contribution in [-0.2, 0) is 21.0 Å². The molecule has 3 N–H and O–H groups in total. The van der Waals surface area contributed by atoms with Crippen LogP contribution >= 0.6 is 24.0 Å². The second-order valence-electron chi connectivity index (χ2n) is 7.80. The molecule has 0 aliphatic carbocycles. The molecule has 1 aromatic carbocycles. The average molecular weight is 548 g/mol. The zero-order valence-corrected chi connectivity index (χ0v) is 21.1. The summed E-state index contributed by atoms with van der Waals surface area (Å²) in [6, 6.07) is 6.42. The van der Waals surface area contributed by atoms with Gasteiger partial charge in [0.25, 0.3) is 0 Å². The molecule has 1 fully saturated rings. The van der Waals surface area contributed by atoms with Crippen molar-refractivity contribution in [3.05, 3.63) is 35.5 Å². The van der Waals surface area contributed by atoms with E-state index in [1.807, 2.05) is 6.92 Å². The standard InChI is InChI=1S/C21H32N4O3S.HI/c1-4-22-20(25-15-21(29(3,26)27)8-11-28-12-9-21)23-10-7-17-14-24-19-13-16(2)5-6-18(17)19;/h5-6,13-14,24H,4,7-12,15H2,1-3H3,(H2,22,23,25);1H. The van der Waals surface area contributed by atoms with Gasteiger partial charge in [0.05, 0.1) is 11.3 Å². The maximum Gasteiger partial charge on any atom is 0.191 e. The molecule has 0 saturated carbocycles. The molecule has 1 aliphatic heterocycles. The summed E-state index contributed by atoms with van der Waals surface area (Å²) in [5, 5.41) is 7.80. The summed E-state index contributed by atoms with van der Waals surface area (Å²) >= 11 is 0. The van der Waals surface area contributed by atoms with Crippen molar-refractivity contribution in [3.8, 4) is 0 Å². The van der Waals surface area contributed by atoms with Crippen molar-refractivity contribution >= 4 is 50.7 Å².